The van der Waals surface area contributed by atoms with Crippen molar-refractivity contribution in [2.24, 2.45) is 0 Å². The molecule has 0 aromatic heterocycles. The quantitative estimate of drug-likeness (QED) is 0.453. The smallest absolute Gasteiger partial charge is 0.261 e. The second kappa shape index (κ2) is 9.60. The van der Waals surface area contributed by atoms with Crippen LogP contribution in [0.5, 0.6) is 5.75 Å². The Bertz CT molecular complexity index is 530. The van der Waals surface area contributed by atoms with Gasteiger partial charge in [-0.1, -0.05) is 38.3 Å². The monoisotopic (exact) mass is 286 g/mol. The van der Waals surface area contributed by atoms with E-state index < -0.39 is 0 Å². The zero-order chi connectivity index (χ0) is 15.5. The number of nitrogens with zero attached hydrogens (tertiary/aromatic N) is 1. The van der Waals surface area contributed by atoms with E-state index in [4.69, 9.17) is 10.00 Å². The normalized spacial score (nSPS) is 10.8. The van der Waals surface area contributed by atoms with Crippen molar-refractivity contribution in [1.29, 1.82) is 5.26 Å². The molecule has 112 valence electrons. The fourth-order valence-corrected chi connectivity index (χ4v) is 1.90. The molecule has 1 N–H and O–H groups in total. The molecule has 0 aliphatic carbocycles. The lowest BCUT2D eigenvalue weighted by molar-refractivity contribution is -0.117. The maximum atomic E-state index is 11.9. The van der Waals surface area contributed by atoms with Gasteiger partial charge in [-0.2, -0.15) is 5.26 Å². The van der Waals surface area contributed by atoms with E-state index in [9.17, 15) is 4.79 Å². The average Bonchev–Trinajstić information content (AvgIpc) is 2.52. The van der Waals surface area contributed by atoms with Crippen LogP contribution in [-0.2, 0) is 4.79 Å². The first kappa shape index (κ1) is 16.8. The third kappa shape index (κ3) is 6.13. The van der Waals surface area contributed by atoms with E-state index in [-0.39, 0.29) is 11.5 Å². The zero-order valence-electron chi connectivity index (χ0n) is 12.7. The average molecular weight is 286 g/mol. The van der Waals surface area contributed by atoms with Gasteiger partial charge in [-0.3, -0.25) is 4.79 Å². The van der Waals surface area contributed by atoms with Crippen molar-refractivity contribution in [1.82, 2.24) is 5.32 Å². The first-order chi connectivity index (χ1) is 10.2. The lowest BCUT2D eigenvalue weighted by Crippen LogP contribution is -2.25. The van der Waals surface area contributed by atoms with Crippen molar-refractivity contribution in [3.63, 3.8) is 0 Å². The molecule has 0 saturated carbocycles. The lowest BCUT2D eigenvalue weighted by Gasteiger charge is -2.04. The van der Waals surface area contributed by atoms with Gasteiger partial charge in [-0.25, -0.2) is 0 Å². The van der Waals surface area contributed by atoms with Crippen LogP contribution in [0, 0.1) is 11.3 Å². The molecule has 21 heavy (non-hydrogen) atoms. The molecule has 0 radical (unpaired) electrons. The number of nitrogens with one attached hydrogen (secondary N) is 1. The molecule has 4 heteroatoms. The van der Waals surface area contributed by atoms with E-state index in [2.05, 4.69) is 12.2 Å². The van der Waals surface area contributed by atoms with Crippen molar-refractivity contribution >= 4 is 12.0 Å². The van der Waals surface area contributed by atoms with E-state index in [0.29, 0.717) is 12.3 Å². The predicted molar refractivity (Wildman–Crippen MR) is 83.7 cm³/mol. The Labute approximate surface area is 126 Å². The summed E-state index contributed by atoms with van der Waals surface area (Å²) in [5, 5.41) is 11.9. The predicted octanol–water partition coefficient (Wildman–Crippen LogP) is 3.30. The minimum absolute atomic E-state index is 0.110. The van der Waals surface area contributed by atoms with E-state index in [1.807, 2.05) is 24.3 Å². The first-order valence-corrected chi connectivity index (χ1v) is 7.25. The number of benzene rings is 1. The van der Waals surface area contributed by atoms with Gasteiger partial charge < -0.3 is 10.1 Å². The first-order valence-electron chi connectivity index (χ1n) is 7.25. The summed E-state index contributed by atoms with van der Waals surface area (Å²) in [5.74, 6) is 0.373. The van der Waals surface area contributed by atoms with Crippen molar-refractivity contribution in [3.8, 4) is 11.8 Å². The Kier molecular flexibility index (Phi) is 7.67. The molecule has 0 aliphatic heterocycles. The highest BCUT2D eigenvalue weighted by Gasteiger charge is 2.08. The molecular weight excluding hydrogens is 264 g/mol. The fourth-order valence-electron chi connectivity index (χ4n) is 1.90. The van der Waals surface area contributed by atoms with Crippen LogP contribution in [0.2, 0.25) is 0 Å². The van der Waals surface area contributed by atoms with Crippen LogP contribution in [0.1, 0.15) is 38.2 Å². The second-order valence-electron chi connectivity index (χ2n) is 4.76. The van der Waals surface area contributed by atoms with Crippen LogP contribution in [0.25, 0.3) is 6.08 Å². The van der Waals surface area contributed by atoms with E-state index in [1.54, 1.807) is 19.3 Å². The fraction of sp³-hybridized carbons (Fsp3) is 0.412. The number of rotatable bonds is 8. The van der Waals surface area contributed by atoms with Gasteiger partial charge in [0.25, 0.3) is 5.91 Å². The molecule has 0 aliphatic rings. The van der Waals surface area contributed by atoms with Gasteiger partial charge in [0.1, 0.15) is 17.4 Å². The number of hydrogen-bond acceptors (Lipinski definition) is 3. The molecule has 0 fully saturated rings. The van der Waals surface area contributed by atoms with Gasteiger partial charge in [0.15, 0.2) is 0 Å². The van der Waals surface area contributed by atoms with Gasteiger partial charge in [0.2, 0.25) is 0 Å². The standard InChI is InChI=1S/C17H22N2O2/c1-3-4-5-6-10-19-17(20)15(13-18)11-14-8-7-9-16(12-14)21-2/h7-9,11-12H,3-6,10H2,1-2H3,(H,19,20)/b15-11+. The summed E-state index contributed by atoms with van der Waals surface area (Å²) in [4.78, 5) is 11.9. The molecule has 1 rings (SSSR count). The number of carbonyl (C=O) groups is 1. The molecule has 4 nitrogen and oxygen atoms in total. The molecular formula is C17H22N2O2. The molecule has 0 unspecified atom stereocenters. The molecule has 1 amide bonds. The zero-order valence-corrected chi connectivity index (χ0v) is 12.7. The molecule has 0 heterocycles. The summed E-state index contributed by atoms with van der Waals surface area (Å²) in [6.45, 7) is 2.75. The SMILES string of the molecule is CCCCCCNC(=O)/C(C#N)=C/c1cccc(OC)c1. The van der Waals surface area contributed by atoms with Crippen molar-refractivity contribution in [2.45, 2.75) is 32.6 Å². The molecule has 0 bridgehead atoms. The van der Waals surface area contributed by atoms with Gasteiger partial charge >= 0.3 is 0 Å². The van der Waals surface area contributed by atoms with Crippen LogP contribution in [0.3, 0.4) is 0 Å². The number of amides is 1. The number of ether oxygens (including phenoxy) is 1. The van der Waals surface area contributed by atoms with E-state index in [0.717, 1.165) is 24.8 Å². The van der Waals surface area contributed by atoms with Crippen molar-refractivity contribution < 1.29 is 9.53 Å². The number of nitriles is 1. The number of carbonyl (C=O) groups excluding carboxylic acids is 1. The Morgan fingerprint density at radius 1 is 1.38 bits per heavy atom. The second-order valence-corrected chi connectivity index (χ2v) is 4.76. The van der Waals surface area contributed by atoms with E-state index >= 15 is 0 Å². The third-order valence-corrected chi connectivity index (χ3v) is 3.09. The minimum Gasteiger partial charge on any atom is -0.497 e. The molecule has 0 atom stereocenters. The summed E-state index contributed by atoms with van der Waals surface area (Å²) < 4.78 is 5.12. The van der Waals surface area contributed by atoms with Crippen LogP contribution in [-0.4, -0.2) is 19.6 Å². The molecule has 0 saturated heterocycles. The van der Waals surface area contributed by atoms with Crippen LogP contribution in [0.4, 0.5) is 0 Å². The molecule has 1 aromatic rings. The van der Waals surface area contributed by atoms with Gasteiger partial charge in [0.05, 0.1) is 7.11 Å². The Balaban J connectivity index is 2.62. The topological polar surface area (TPSA) is 62.1 Å². The minimum atomic E-state index is -0.322. The Morgan fingerprint density at radius 2 is 2.19 bits per heavy atom. The number of hydrogen-bond donors (Lipinski definition) is 1. The maximum Gasteiger partial charge on any atom is 0.261 e. The van der Waals surface area contributed by atoms with Crippen LogP contribution in [0.15, 0.2) is 29.8 Å². The van der Waals surface area contributed by atoms with Gasteiger partial charge in [0, 0.05) is 6.54 Å². The van der Waals surface area contributed by atoms with Crippen LogP contribution >= 0.6 is 0 Å². The molecule has 0 spiro atoms. The summed E-state index contributed by atoms with van der Waals surface area (Å²) in [7, 11) is 1.58. The maximum absolute atomic E-state index is 11.9. The summed E-state index contributed by atoms with van der Waals surface area (Å²) >= 11 is 0. The largest absolute Gasteiger partial charge is 0.497 e. The third-order valence-electron chi connectivity index (χ3n) is 3.09. The van der Waals surface area contributed by atoms with E-state index in [1.165, 1.54) is 6.42 Å². The van der Waals surface area contributed by atoms with Crippen LogP contribution < -0.4 is 10.1 Å². The number of unbranched alkanes of at least 4 members (excludes halogenated alkanes) is 3. The van der Waals surface area contributed by atoms with Crippen molar-refractivity contribution in [2.75, 3.05) is 13.7 Å². The lowest BCUT2D eigenvalue weighted by atomic mass is 10.1. The highest BCUT2D eigenvalue weighted by molar-refractivity contribution is 6.01. The highest BCUT2D eigenvalue weighted by Crippen LogP contribution is 2.15. The highest BCUT2D eigenvalue weighted by atomic mass is 16.5. The summed E-state index contributed by atoms with van der Waals surface area (Å²) in [6.07, 6.45) is 5.94. The van der Waals surface area contributed by atoms with Gasteiger partial charge in [-0.05, 0) is 30.2 Å². The molecule has 1 aromatic carbocycles. The number of methoxy groups -OCH3 is 1. The Morgan fingerprint density at radius 3 is 2.86 bits per heavy atom. The van der Waals surface area contributed by atoms with Gasteiger partial charge in [-0.15, -0.1) is 0 Å². The Hall–Kier alpha value is -2.28. The summed E-state index contributed by atoms with van der Waals surface area (Å²) in [6, 6.07) is 9.20. The summed E-state index contributed by atoms with van der Waals surface area (Å²) in [5.41, 5.74) is 0.880. The van der Waals surface area contributed by atoms with Crippen molar-refractivity contribution in [3.05, 3.63) is 35.4 Å².